The zero-order valence-corrected chi connectivity index (χ0v) is 17.1. The van der Waals surface area contributed by atoms with Crippen molar-refractivity contribution >= 4 is 34.8 Å². The van der Waals surface area contributed by atoms with Crippen LogP contribution in [0.4, 0.5) is 0 Å². The number of halogens is 2. The van der Waals surface area contributed by atoms with Crippen molar-refractivity contribution in [3.05, 3.63) is 76.8 Å². The average Bonchev–Trinajstić information content (AvgIpc) is 2.66. The van der Waals surface area contributed by atoms with Crippen LogP contribution < -0.4 is 10.1 Å². The Bertz CT molecular complexity index is 879. The first-order valence-electron chi connectivity index (χ1n) is 8.72. The van der Waals surface area contributed by atoms with E-state index in [1.54, 1.807) is 0 Å². The number of ether oxygens (including phenoxy) is 1. The summed E-state index contributed by atoms with van der Waals surface area (Å²) in [5.41, 5.74) is 1.81. The Balaban J connectivity index is 0.00000261. The van der Waals surface area contributed by atoms with Gasteiger partial charge in [-0.1, -0.05) is 54.1 Å². The number of nitrogens with one attached hydrogen (secondary N) is 1. The summed E-state index contributed by atoms with van der Waals surface area (Å²) in [4.78, 5) is 0. The van der Waals surface area contributed by atoms with Crippen LogP contribution in [0.2, 0.25) is 5.02 Å². The molecule has 0 spiro atoms. The standard InChI is InChI=1S/C22H24ClNO2.ClH/c1-22(2,15-25)24-13-20-19-6-4-3-5-17(19)9-12-21(20)26-14-16-7-10-18(23)11-8-16;/h3-12,24-25H,13-15H2,1-2H3;1H. The first kappa shape index (κ1) is 21.5. The van der Waals surface area contributed by atoms with Crippen LogP contribution in [-0.4, -0.2) is 17.3 Å². The van der Waals surface area contributed by atoms with Gasteiger partial charge in [-0.15, -0.1) is 12.4 Å². The van der Waals surface area contributed by atoms with Crippen molar-refractivity contribution in [1.82, 2.24) is 5.32 Å². The molecule has 0 atom stereocenters. The Labute approximate surface area is 171 Å². The van der Waals surface area contributed by atoms with Crippen LogP contribution in [0, 0.1) is 0 Å². The van der Waals surface area contributed by atoms with Crippen LogP contribution in [0.1, 0.15) is 25.0 Å². The van der Waals surface area contributed by atoms with Gasteiger partial charge < -0.3 is 15.2 Å². The van der Waals surface area contributed by atoms with E-state index in [1.165, 1.54) is 5.39 Å². The van der Waals surface area contributed by atoms with E-state index >= 15 is 0 Å². The molecule has 2 N–H and O–H groups in total. The van der Waals surface area contributed by atoms with Gasteiger partial charge in [-0.3, -0.25) is 0 Å². The van der Waals surface area contributed by atoms with Crippen LogP contribution in [0.5, 0.6) is 5.75 Å². The SMILES string of the molecule is CC(C)(CO)NCc1c(OCc2ccc(Cl)cc2)ccc2ccccc12.Cl. The zero-order valence-electron chi connectivity index (χ0n) is 15.5. The van der Waals surface area contributed by atoms with Crippen molar-refractivity contribution in [1.29, 1.82) is 0 Å². The van der Waals surface area contributed by atoms with Gasteiger partial charge in [0.1, 0.15) is 12.4 Å². The summed E-state index contributed by atoms with van der Waals surface area (Å²) in [7, 11) is 0. The van der Waals surface area contributed by atoms with E-state index in [2.05, 4.69) is 23.5 Å². The molecule has 5 heteroatoms. The fourth-order valence-electron chi connectivity index (χ4n) is 2.76. The fourth-order valence-corrected chi connectivity index (χ4v) is 2.88. The Morgan fingerprint density at radius 2 is 1.70 bits per heavy atom. The van der Waals surface area contributed by atoms with Crippen LogP contribution >= 0.6 is 24.0 Å². The lowest BCUT2D eigenvalue weighted by atomic mass is 10.0. The molecule has 3 aromatic rings. The van der Waals surface area contributed by atoms with Crippen molar-refractivity contribution < 1.29 is 9.84 Å². The fraction of sp³-hybridized carbons (Fsp3) is 0.273. The average molecular weight is 406 g/mol. The third kappa shape index (κ3) is 5.60. The summed E-state index contributed by atoms with van der Waals surface area (Å²) >= 11 is 5.95. The second-order valence-corrected chi connectivity index (χ2v) is 7.51. The quantitative estimate of drug-likeness (QED) is 0.556. The van der Waals surface area contributed by atoms with Crippen molar-refractivity contribution in [2.24, 2.45) is 0 Å². The minimum atomic E-state index is -0.357. The number of hydrogen-bond donors (Lipinski definition) is 2. The minimum absolute atomic E-state index is 0. The monoisotopic (exact) mass is 405 g/mol. The Hall–Kier alpha value is -1.78. The molecule has 3 aromatic carbocycles. The first-order chi connectivity index (χ1) is 12.5. The highest BCUT2D eigenvalue weighted by atomic mass is 35.5. The van der Waals surface area contributed by atoms with E-state index in [0.29, 0.717) is 13.2 Å². The van der Waals surface area contributed by atoms with Gasteiger partial charge in [-0.05, 0) is 48.4 Å². The molecule has 144 valence electrons. The van der Waals surface area contributed by atoms with E-state index in [1.807, 2.05) is 56.3 Å². The van der Waals surface area contributed by atoms with Crippen molar-refractivity contribution in [2.45, 2.75) is 32.5 Å². The van der Waals surface area contributed by atoms with E-state index in [0.717, 1.165) is 27.3 Å². The molecular formula is C22H25Cl2NO2. The second kappa shape index (κ2) is 9.43. The molecular weight excluding hydrogens is 381 g/mol. The van der Waals surface area contributed by atoms with Crippen LogP contribution in [0.25, 0.3) is 10.8 Å². The number of hydrogen-bond acceptors (Lipinski definition) is 3. The Morgan fingerprint density at radius 3 is 2.41 bits per heavy atom. The molecule has 0 radical (unpaired) electrons. The van der Waals surface area contributed by atoms with E-state index in [4.69, 9.17) is 16.3 Å². The highest BCUT2D eigenvalue weighted by Gasteiger charge is 2.17. The van der Waals surface area contributed by atoms with E-state index < -0.39 is 0 Å². The van der Waals surface area contributed by atoms with Gasteiger partial charge in [-0.25, -0.2) is 0 Å². The van der Waals surface area contributed by atoms with Crippen molar-refractivity contribution in [3.8, 4) is 5.75 Å². The van der Waals surface area contributed by atoms with Crippen molar-refractivity contribution in [2.75, 3.05) is 6.61 Å². The number of benzene rings is 3. The van der Waals surface area contributed by atoms with Gasteiger partial charge in [0.25, 0.3) is 0 Å². The first-order valence-corrected chi connectivity index (χ1v) is 9.10. The van der Waals surface area contributed by atoms with Gasteiger partial charge in [0.05, 0.1) is 6.61 Å². The molecule has 0 aliphatic rings. The lowest BCUT2D eigenvalue weighted by Crippen LogP contribution is -2.42. The summed E-state index contributed by atoms with van der Waals surface area (Å²) in [6.45, 7) is 5.12. The number of aliphatic hydroxyl groups is 1. The second-order valence-electron chi connectivity index (χ2n) is 7.07. The summed E-state index contributed by atoms with van der Waals surface area (Å²) in [5, 5.41) is 16.0. The third-order valence-electron chi connectivity index (χ3n) is 4.44. The van der Waals surface area contributed by atoms with Crippen molar-refractivity contribution in [3.63, 3.8) is 0 Å². The molecule has 0 saturated carbocycles. The van der Waals surface area contributed by atoms with Crippen LogP contribution in [0.3, 0.4) is 0 Å². The van der Waals surface area contributed by atoms with Crippen LogP contribution in [-0.2, 0) is 13.2 Å². The largest absolute Gasteiger partial charge is 0.489 e. The molecule has 3 nitrogen and oxygen atoms in total. The lowest BCUT2D eigenvalue weighted by molar-refractivity contribution is 0.187. The maximum absolute atomic E-state index is 9.52. The maximum atomic E-state index is 9.52. The molecule has 0 amide bonds. The predicted molar refractivity (Wildman–Crippen MR) is 115 cm³/mol. The van der Waals surface area contributed by atoms with Gasteiger partial charge >= 0.3 is 0 Å². The van der Waals surface area contributed by atoms with Gasteiger partial charge in [0, 0.05) is 22.7 Å². The highest BCUT2D eigenvalue weighted by Crippen LogP contribution is 2.29. The molecule has 0 bridgehead atoms. The topological polar surface area (TPSA) is 41.5 Å². The molecule has 0 fully saturated rings. The predicted octanol–water partition coefficient (Wildman–Crippen LogP) is 5.35. The van der Waals surface area contributed by atoms with Crippen LogP contribution in [0.15, 0.2) is 60.7 Å². The molecule has 3 rings (SSSR count). The molecule has 0 aromatic heterocycles. The molecule has 0 saturated heterocycles. The lowest BCUT2D eigenvalue weighted by Gasteiger charge is -2.25. The summed E-state index contributed by atoms with van der Waals surface area (Å²) in [5.74, 6) is 0.847. The molecule has 0 aliphatic carbocycles. The molecule has 0 aliphatic heterocycles. The third-order valence-corrected chi connectivity index (χ3v) is 4.70. The van der Waals surface area contributed by atoms with Gasteiger partial charge in [-0.2, -0.15) is 0 Å². The Kier molecular flexibility index (Phi) is 7.51. The smallest absolute Gasteiger partial charge is 0.124 e. The highest BCUT2D eigenvalue weighted by molar-refractivity contribution is 6.30. The Morgan fingerprint density at radius 1 is 1.00 bits per heavy atom. The number of fused-ring (bicyclic) bond motifs is 1. The summed E-state index contributed by atoms with van der Waals surface area (Å²) in [6.07, 6.45) is 0. The minimum Gasteiger partial charge on any atom is -0.489 e. The summed E-state index contributed by atoms with van der Waals surface area (Å²) < 4.78 is 6.12. The zero-order chi connectivity index (χ0) is 18.6. The van der Waals surface area contributed by atoms with E-state index in [9.17, 15) is 5.11 Å². The normalized spacial score (nSPS) is 11.3. The van der Waals surface area contributed by atoms with E-state index in [-0.39, 0.29) is 24.6 Å². The number of rotatable bonds is 7. The summed E-state index contributed by atoms with van der Waals surface area (Å²) in [6, 6.07) is 20.0. The molecule has 0 unspecified atom stereocenters. The molecule has 0 heterocycles. The number of aliphatic hydroxyl groups excluding tert-OH is 1. The van der Waals surface area contributed by atoms with Gasteiger partial charge in [0.2, 0.25) is 0 Å². The molecule has 27 heavy (non-hydrogen) atoms. The van der Waals surface area contributed by atoms with Gasteiger partial charge in [0.15, 0.2) is 0 Å². The maximum Gasteiger partial charge on any atom is 0.124 e.